The maximum Gasteiger partial charge on any atom is 0.245 e. The van der Waals surface area contributed by atoms with Crippen LogP contribution < -0.4 is 4.74 Å². The molecule has 0 saturated heterocycles. The first kappa shape index (κ1) is 15.5. The van der Waals surface area contributed by atoms with E-state index < -0.39 is 0 Å². The number of carbonyl (C=O) groups is 1. The van der Waals surface area contributed by atoms with Gasteiger partial charge in [-0.15, -0.1) is 11.6 Å². The van der Waals surface area contributed by atoms with Crippen LogP contribution in [0.1, 0.15) is 12.7 Å². The molecule has 8 heteroatoms. The molecule has 21 heavy (non-hydrogen) atoms. The van der Waals surface area contributed by atoms with Crippen molar-refractivity contribution >= 4 is 28.7 Å². The number of likely N-dealkylation sites (N-methyl/N-ethyl adjacent to an activating group) is 1. The van der Waals surface area contributed by atoms with Gasteiger partial charge in [-0.05, 0) is 6.92 Å². The Morgan fingerprint density at radius 1 is 1.48 bits per heavy atom. The molecule has 0 aromatic carbocycles. The summed E-state index contributed by atoms with van der Waals surface area (Å²) in [6, 6.07) is 0. The van der Waals surface area contributed by atoms with Crippen molar-refractivity contribution in [1.29, 1.82) is 0 Å². The smallest absolute Gasteiger partial charge is 0.245 e. The number of ether oxygens (including phenoxy) is 1. The van der Waals surface area contributed by atoms with Crippen LogP contribution in [0, 0.1) is 0 Å². The summed E-state index contributed by atoms with van der Waals surface area (Å²) < 4.78 is 6.97. The molecule has 7 nitrogen and oxygen atoms in total. The van der Waals surface area contributed by atoms with Gasteiger partial charge in [-0.25, -0.2) is 9.97 Å². The predicted molar refractivity (Wildman–Crippen MR) is 79.6 cm³/mol. The van der Waals surface area contributed by atoms with E-state index in [1.807, 2.05) is 6.92 Å². The second-order valence-corrected chi connectivity index (χ2v) is 4.89. The minimum atomic E-state index is -0.00907. The first-order valence-corrected chi connectivity index (χ1v) is 7.19. The molecule has 0 atom stereocenters. The van der Waals surface area contributed by atoms with Crippen molar-refractivity contribution in [2.24, 2.45) is 0 Å². The van der Waals surface area contributed by atoms with Crippen LogP contribution >= 0.6 is 11.6 Å². The largest absolute Gasteiger partial charge is 0.479 e. The first-order valence-electron chi connectivity index (χ1n) is 6.66. The number of amides is 1. The van der Waals surface area contributed by atoms with E-state index in [4.69, 9.17) is 16.3 Å². The summed E-state index contributed by atoms with van der Waals surface area (Å²) in [6.45, 7) is 2.75. The molecule has 2 rings (SSSR count). The number of aromatic nitrogens is 4. The SMILES string of the molecule is CCN(C)C(=O)Cn1c(CCCl)nc2c(OC)ncnc21. The van der Waals surface area contributed by atoms with E-state index in [0.717, 1.165) is 0 Å². The van der Waals surface area contributed by atoms with E-state index in [1.165, 1.54) is 13.4 Å². The predicted octanol–water partition coefficient (Wildman–Crippen LogP) is 1.09. The highest BCUT2D eigenvalue weighted by Gasteiger charge is 2.19. The second-order valence-electron chi connectivity index (χ2n) is 4.52. The third-order valence-corrected chi connectivity index (χ3v) is 3.47. The highest BCUT2D eigenvalue weighted by molar-refractivity contribution is 6.17. The van der Waals surface area contributed by atoms with Crippen LogP contribution in [0.2, 0.25) is 0 Å². The van der Waals surface area contributed by atoms with Gasteiger partial charge in [0.1, 0.15) is 18.7 Å². The molecule has 0 saturated carbocycles. The molecule has 0 spiro atoms. The van der Waals surface area contributed by atoms with Gasteiger partial charge in [0.2, 0.25) is 11.8 Å². The van der Waals surface area contributed by atoms with Gasteiger partial charge in [0.15, 0.2) is 11.2 Å². The van der Waals surface area contributed by atoms with E-state index in [0.29, 0.717) is 41.7 Å². The van der Waals surface area contributed by atoms with E-state index >= 15 is 0 Å². The summed E-state index contributed by atoms with van der Waals surface area (Å²) in [6.07, 6.45) is 1.95. The summed E-state index contributed by atoms with van der Waals surface area (Å²) in [7, 11) is 3.29. The number of carbonyl (C=O) groups excluding carboxylic acids is 1. The number of methoxy groups -OCH3 is 1. The van der Waals surface area contributed by atoms with Crippen LogP contribution in [0.5, 0.6) is 5.88 Å². The van der Waals surface area contributed by atoms with Gasteiger partial charge in [0.25, 0.3) is 0 Å². The number of fused-ring (bicyclic) bond motifs is 1. The highest BCUT2D eigenvalue weighted by atomic mass is 35.5. The molecule has 0 unspecified atom stereocenters. The second kappa shape index (κ2) is 6.71. The van der Waals surface area contributed by atoms with Crippen LogP contribution in [-0.2, 0) is 17.8 Å². The fourth-order valence-electron chi connectivity index (χ4n) is 1.98. The molecule has 0 aliphatic heterocycles. The Bertz CT molecular complexity index is 643. The minimum Gasteiger partial charge on any atom is -0.479 e. The highest BCUT2D eigenvalue weighted by Crippen LogP contribution is 2.22. The Morgan fingerprint density at radius 2 is 2.24 bits per heavy atom. The average molecular weight is 312 g/mol. The third-order valence-electron chi connectivity index (χ3n) is 3.28. The summed E-state index contributed by atoms with van der Waals surface area (Å²) in [4.78, 5) is 26.5. The third kappa shape index (κ3) is 3.07. The topological polar surface area (TPSA) is 73.1 Å². The molecule has 0 aliphatic carbocycles. The number of nitrogens with zero attached hydrogens (tertiary/aromatic N) is 5. The van der Waals surface area contributed by atoms with Crippen molar-refractivity contribution in [3.8, 4) is 5.88 Å². The molecule has 0 N–H and O–H groups in total. The molecule has 1 amide bonds. The van der Waals surface area contributed by atoms with Crippen LogP contribution in [0.25, 0.3) is 11.2 Å². The van der Waals surface area contributed by atoms with Gasteiger partial charge >= 0.3 is 0 Å². The van der Waals surface area contributed by atoms with Crippen LogP contribution in [0.15, 0.2) is 6.33 Å². The number of aryl methyl sites for hydroxylation is 1. The molecule has 0 aliphatic rings. The van der Waals surface area contributed by atoms with Crippen molar-refractivity contribution in [2.75, 3.05) is 26.6 Å². The summed E-state index contributed by atoms with van der Waals surface area (Å²) >= 11 is 5.82. The van der Waals surface area contributed by atoms with Gasteiger partial charge in [0, 0.05) is 25.9 Å². The lowest BCUT2D eigenvalue weighted by Crippen LogP contribution is -2.30. The van der Waals surface area contributed by atoms with Crippen molar-refractivity contribution < 1.29 is 9.53 Å². The van der Waals surface area contributed by atoms with Crippen LogP contribution in [0.3, 0.4) is 0 Å². The van der Waals surface area contributed by atoms with Gasteiger partial charge in [-0.2, -0.15) is 4.98 Å². The fourth-order valence-corrected chi connectivity index (χ4v) is 2.15. The lowest BCUT2D eigenvalue weighted by Gasteiger charge is -2.16. The van der Waals surface area contributed by atoms with E-state index in [2.05, 4.69) is 15.0 Å². The van der Waals surface area contributed by atoms with Gasteiger partial charge in [-0.1, -0.05) is 0 Å². The van der Waals surface area contributed by atoms with E-state index in [1.54, 1.807) is 16.5 Å². The molecule has 0 fully saturated rings. The fraction of sp³-hybridized carbons (Fsp3) is 0.538. The van der Waals surface area contributed by atoms with Crippen molar-refractivity contribution in [3.05, 3.63) is 12.2 Å². The molecule has 2 heterocycles. The zero-order valence-electron chi connectivity index (χ0n) is 12.3. The molecule has 2 aromatic heterocycles. The molecule has 0 radical (unpaired) electrons. The van der Waals surface area contributed by atoms with Crippen LogP contribution in [0.4, 0.5) is 0 Å². The number of alkyl halides is 1. The molecule has 0 bridgehead atoms. The van der Waals surface area contributed by atoms with Crippen molar-refractivity contribution in [2.45, 2.75) is 19.9 Å². The lowest BCUT2D eigenvalue weighted by atomic mass is 10.4. The molecular formula is C13H18ClN5O2. The van der Waals surface area contributed by atoms with Crippen LogP contribution in [-0.4, -0.2) is 56.9 Å². The van der Waals surface area contributed by atoms with Gasteiger partial charge in [-0.3, -0.25) is 4.79 Å². The van der Waals surface area contributed by atoms with Gasteiger partial charge in [0.05, 0.1) is 7.11 Å². The monoisotopic (exact) mass is 311 g/mol. The lowest BCUT2D eigenvalue weighted by molar-refractivity contribution is -0.130. The zero-order valence-corrected chi connectivity index (χ0v) is 13.1. The minimum absolute atomic E-state index is 0.00907. The van der Waals surface area contributed by atoms with Crippen molar-refractivity contribution in [1.82, 2.24) is 24.4 Å². The number of halogens is 1. The number of rotatable bonds is 6. The van der Waals surface area contributed by atoms with Crippen molar-refractivity contribution in [3.63, 3.8) is 0 Å². The average Bonchev–Trinajstić information content (AvgIpc) is 2.84. The number of imidazole rings is 1. The first-order chi connectivity index (χ1) is 10.1. The normalized spacial score (nSPS) is 10.9. The molecule has 2 aromatic rings. The Kier molecular flexibility index (Phi) is 4.95. The number of hydrogen-bond donors (Lipinski definition) is 0. The van der Waals surface area contributed by atoms with E-state index in [-0.39, 0.29) is 12.5 Å². The zero-order chi connectivity index (χ0) is 15.4. The maximum atomic E-state index is 12.2. The molecular weight excluding hydrogens is 294 g/mol. The van der Waals surface area contributed by atoms with E-state index in [9.17, 15) is 4.79 Å². The summed E-state index contributed by atoms with van der Waals surface area (Å²) in [5.41, 5.74) is 1.13. The Labute approximate surface area is 127 Å². The quantitative estimate of drug-likeness (QED) is 0.747. The Hall–Kier alpha value is -1.89. The standard InChI is InChI=1S/C13H18ClN5O2/c1-4-18(2)10(20)7-19-9(5-6-14)17-11-12(19)15-8-16-13(11)21-3/h8H,4-7H2,1-3H3. The summed E-state index contributed by atoms with van der Waals surface area (Å²) in [5, 5.41) is 0. The number of hydrogen-bond acceptors (Lipinski definition) is 5. The Morgan fingerprint density at radius 3 is 2.86 bits per heavy atom. The van der Waals surface area contributed by atoms with Gasteiger partial charge < -0.3 is 14.2 Å². The summed E-state index contributed by atoms with van der Waals surface area (Å²) in [5.74, 6) is 1.50. The Balaban J connectivity index is 2.49. The molecule has 114 valence electrons. The maximum absolute atomic E-state index is 12.2.